The molecule has 2 N–H and O–H groups in total. The van der Waals surface area contributed by atoms with Crippen LogP contribution in [0.2, 0.25) is 0 Å². The van der Waals surface area contributed by atoms with E-state index in [0.29, 0.717) is 11.5 Å². The van der Waals surface area contributed by atoms with Crippen LogP contribution in [0.15, 0.2) is 22.7 Å². The Hall–Kier alpha value is -1.03. The van der Waals surface area contributed by atoms with Crippen LogP contribution in [0.5, 0.6) is 0 Å². The summed E-state index contributed by atoms with van der Waals surface area (Å²) in [6.45, 7) is 3.19. The van der Waals surface area contributed by atoms with Gasteiger partial charge in [-0.1, -0.05) is 6.92 Å². The first-order valence-corrected chi connectivity index (χ1v) is 6.64. The van der Waals surface area contributed by atoms with Crippen LogP contribution in [-0.2, 0) is 0 Å². The molecule has 1 atom stereocenters. The number of halogens is 1. The minimum atomic E-state index is -0.899. The average Bonchev–Trinajstić information content (AvgIpc) is 3.10. The van der Waals surface area contributed by atoms with Crippen LogP contribution in [0, 0.1) is 11.8 Å². The van der Waals surface area contributed by atoms with E-state index in [1.807, 2.05) is 6.07 Å². The molecular formula is C13H16BrNO2. The maximum atomic E-state index is 10.8. The van der Waals surface area contributed by atoms with Crippen molar-refractivity contribution in [2.75, 3.05) is 11.9 Å². The highest BCUT2D eigenvalue weighted by molar-refractivity contribution is 9.10. The molecule has 92 valence electrons. The predicted molar refractivity (Wildman–Crippen MR) is 71.5 cm³/mol. The van der Waals surface area contributed by atoms with Gasteiger partial charge in [0.15, 0.2) is 0 Å². The lowest BCUT2D eigenvalue weighted by molar-refractivity contribution is 0.0697. The summed E-state index contributed by atoms with van der Waals surface area (Å²) in [4.78, 5) is 10.8. The number of nitrogens with one attached hydrogen (secondary N) is 1. The van der Waals surface area contributed by atoms with Crippen LogP contribution in [0.1, 0.15) is 30.1 Å². The van der Waals surface area contributed by atoms with E-state index < -0.39 is 5.97 Å². The molecule has 0 saturated heterocycles. The number of benzene rings is 1. The summed E-state index contributed by atoms with van der Waals surface area (Å²) in [5.74, 6) is 0.657. The molecule has 0 aromatic heterocycles. The molecule has 1 aromatic carbocycles. The zero-order valence-electron chi connectivity index (χ0n) is 9.74. The first-order valence-electron chi connectivity index (χ1n) is 5.84. The van der Waals surface area contributed by atoms with Gasteiger partial charge in [0.25, 0.3) is 0 Å². The van der Waals surface area contributed by atoms with Crippen LogP contribution in [0.4, 0.5) is 5.69 Å². The van der Waals surface area contributed by atoms with Gasteiger partial charge in [0.05, 0.1) is 5.56 Å². The zero-order valence-corrected chi connectivity index (χ0v) is 11.3. The first-order chi connectivity index (χ1) is 8.08. The standard InChI is InChI=1S/C13H16BrNO2/c1-8(9-2-3-9)7-15-12-5-4-10(13(16)17)6-11(12)14/h4-6,8-9,15H,2-3,7H2,1H3,(H,16,17). The molecule has 1 saturated carbocycles. The summed E-state index contributed by atoms with van der Waals surface area (Å²) >= 11 is 3.39. The average molecular weight is 298 g/mol. The van der Waals surface area contributed by atoms with Gasteiger partial charge in [-0.15, -0.1) is 0 Å². The fourth-order valence-electron chi connectivity index (χ4n) is 1.89. The van der Waals surface area contributed by atoms with E-state index in [1.165, 1.54) is 12.8 Å². The number of hydrogen-bond acceptors (Lipinski definition) is 2. The van der Waals surface area contributed by atoms with E-state index in [2.05, 4.69) is 28.2 Å². The number of aromatic carboxylic acids is 1. The Balaban J connectivity index is 1.98. The van der Waals surface area contributed by atoms with Crippen molar-refractivity contribution in [3.63, 3.8) is 0 Å². The molecule has 0 bridgehead atoms. The maximum Gasteiger partial charge on any atom is 0.335 e. The largest absolute Gasteiger partial charge is 0.478 e. The Labute approximate surface area is 109 Å². The summed E-state index contributed by atoms with van der Waals surface area (Å²) in [7, 11) is 0. The lowest BCUT2D eigenvalue weighted by Crippen LogP contribution is -2.13. The second-order valence-corrected chi connectivity index (χ2v) is 5.55. The third-order valence-electron chi connectivity index (χ3n) is 3.26. The molecule has 1 fully saturated rings. The van der Waals surface area contributed by atoms with Crippen molar-refractivity contribution in [2.24, 2.45) is 11.8 Å². The van der Waals surface area contributed by atoms with Crippen LogP contribution in [0.3, 0.4) is 0 Å². The lowest BCUT2D eigenvalue weighted by Gasteiger charge is -2.14. The van der Waals surface area contributed by atoms with E-state index in [9.17, 15) is 4.79 Å². The molecule has 1 aliphatic carbocycles. The Kier molecular flexibility index (Phi) is 3.72. The molecule has 0 heterocycles. The van der Waals surface area contributed by atoms with Gasteiger partial charge in [-0.2, -0.15) is 0 Å². The van der Waals surface area contributed by atoms with E-state index in [4.69, 9.17) is 5.11 Å². The molecule has 3 nitrogen and oxygen atoms in total. The Morgan fingerprint density at radius 2 is 2.29 bits per heavy atom. The topological polar surface area (TPSA) is 49.3 Å². The van der Waals surface area contributed by atoms with E-state index in [-0.39, 0.29) is 0 Å². The minimum absolute atomic E-state index is 0.303. The third kappa shape index (κ3) is 3.22. The van der Waals surface area contributed by atoms with Crippen LogP contribution < -0.4 is 5.32 Å². The zero-order chi connectivity index (χ0) is 12.4. The van der Waals surface area contributed by atoms with Crippen molar-refractivity contribution in [2.45, 2.75) is 19.8 Å². The van der Waals surface area contributed by atoms with Crippen molar-refractivity contribution in [3.8, 4) is 0 Å². The van der Waals surface area contributed by atoms with E-state index in [0.717, 1.165) is 22.6 Å². The smallest absolute Gasteiger partial charge is 0.335 e. The second-order valence-electron chi connectivity index (χ2n) is 4.70. The normalized spacial score (nSPS) is 16.6. The Morgan fingerprint density at radius 1 is 1.59 bits per heavy atom. The molecule has 1 aromatic rings. The molecule has 0 radical (unpaired) electrons. The molecular weight excluding hydrogens is 282 g/mol. The predicted octanol–water partition coefficient (Wildman–Crippen LogP) is 3.61. The summed E-state index contributed by atoms with van der Waals surface area (Å²) in [6.07, 6.45) is 2.70. The van der Waals surface area contributed by atoms with Gasteiger partial charge >= 0.3 is 5.97 Å². The van der Waals surface area contributed by atoms with Gasteiger partial charge in [-0.25, -0.2) is 4.79 Å². The number of carbonyl (C=O) groups is 1. The molecule has 0 spiro atoms. The highest BCUT2D eigenvalue weighted by atomic mass is 79.9. The summed E-state index contributed by atoms with van der Waals surface area (Å²) < 4.78 is 0.806. The van der Waals surface area contributed by atoms with Gasteiger partial charge in [0, 0.05) is 16.7 Å². The Bertz CT molecular complexity index is 429. The van der Waals surface area contributed by atoms with Crippen molar-refractivity contribution in [1.29, 1.82) is 0 Å². The fraction of sp³-hybridized carbons (Fsp3) is 0.462. The van der Waals surface area contributed by atoms with Crippen molar-refractivity contribution in [3.05, 3.63) is 28.2 Å². The van der Waals surface area contributed by atoms with Crippen molar-refractivity contribution < 1.29 is 9.90 Å². The van der Waals surface area contributed by atoms with E-state index in [1.54, 1.807) is 12.1 Å². The van der Waals surface area contributed by atoms with Crippen LogP contribution >= 0.6 is 15.9 Å². The van der Waals surface area contributed by atoms with E-state index >= 15 is 0 Å². The highest BCUT2D eigenvalue weighted by Gasteiger charge is 2.27. The number of hydrogen-bond donors (Lipinski definition) is 2. The van der Waals surface area contributed by atoms with Gasteiger partial charge in [-0.05, 0) is 58.8 Å². The summed E-state index contributed by atoms with van der Waals surface area (Å²) in [5, 5.41) is 12.2. The molecule has 1 aliphatic rings. The summed E-state index contributed by atoms with van der Waals surface area (Å²) in [5.41, 5.74) is 1.26. The Morgan fingerprint density at radius 3 is 2.82 bits per heavy atom. The maximum absolute atomic E-state index is 10.8. The van der Waals surface area contributed by atoms with Crippen LogP contribution in [0.25, 0.3) is 0 Å². The summed E-state index contributed by atoms with van der Waals surface area (Å²) in [6, 6.07) is 5.07. The van der Waals surface area contributed by atoms with Crippen molar-refractivity contribution in [1.82, 2.24) is 0 Å². The van der Waals surface area contributed by atoms with Gasteiger partial charge in [0.1, 0.15) is 0 Å². The number of rotatable bonds is 5. The fourth-order valence-corrected chi connectivity index (χ4v) is 2.41. The monoisotopic (exact) mass is 297 g/mol. The minimum Gasteiger partial charge on any atom is -0.478 e. The first kappa shape index (κ1) is 12.4. The number of carboxylic acid groups (broad SMARTS) is 1. The quantitative estimate of drug-likeness (QED) is 0.873. The third-order valence-corrected chi connectivity index (χ3v) is 3.91. The van der Waals surface area contributed by atoms with Gasteiger partial charge in [-0.3, -0.25) is 0 Å². The molecule has 17 heavy (non-hydrogen) atoms. The number of anilines is 1. The second kappa shape index (κ2) is 5.08. The molecule has 0 aliphatic heterocycles. The highest BCUT2D eigenvalue weighted by Crippen LogP contribution is 2.36. The molecule has 4 heteroatoms. The molecule has 0 amide bonds. The molecule has 2 rings (SSSR count). The van der Waals surface area contributed by atoms with Crippen LogP contribution in [-0.4, -0.2) is 17.6 Å². The van der Waals surface area contributed by atoms with Crippen molar-refractivity contribution >= 4 is 27.6 Å². The van der Waals surface area contributed by atoms with Gasteiger partial charge in [0.2, 0.25) is 0 Å². The molecule has 1 unspecified atom stereocenters. The lowest BCUT2D eigenvalue weighted by atomic mass is 10.1. The van der Waals surface area contributed by atoms with Gasteiger partial charge < -0.3 is 10.4 Å². The SMILES string of the molecule is CC(CNc1ccc(C(=O)O)cc1Br)C1CC1. The number of carboxylic acids is 1.